The number of rotatable bonds is 9. The van der Waals surface area contributed by atoms with Crippen LogP contribution in [0, 0.1) is 0 Å². The number of amides is 1. The van der Waals surface area contributed by atoms with E-state index in [1.807, 2.05) is 0 Å². The van der Waals surface area contributed by atoms with Crippen molar-refractivity contribution in [3.8, 4) is 0 Å². The molecule has 6 N–H and O–H groups in total. The Labute approximate surface area is 107 Å². The lowest BCUT2D eigenvalue weighted by atomic mass is 10.1. The molecule has 0 aromatic heterocycles. The highest BCUT2D eigenvalue weighted by Crippen LogP contribution is 2.00. The summed E-state index contributed by atoms with van der Waals surface area (Å²) in [5.74, 6) is -1.11. The Morgan fingerprint density at radius 2 is 1.94 bits per heavy atom. The van der Waals surface area contributed by atoms with Crippen LogP contribution in [-0.4, -0.2) is 41.4 Å². The van der Waals surface area contributed by atoms with Crippen LogP contribution in [0.2, 0.25) is 0 Å². The van der Waals surface area contributed by atoms with E-state index < -0.39 is 24.0 Å². The summed E-state index contributed by atoms with van der Waals surface area (Å²) in [6.07, 6.45) is 2.35. The zero-order valence-electron chi connectivity index (χ0n) is 9.76. The van der Waals surface area contributed by atoms with Crippen molar-refractivity contribution in [1.29, 1.82) is 0 Å². The number of thiol groups is 1. The van der Waals surface area contributed by atoms with Crippen LogP contribution in [0.1, 0.15) is 25.7 Å². The zero-order chi connectivity index (χ0) is 13.3. The smallest absolute Gasteiger partial charge is 0.326 e. The summed E-state index contributed by atoms with van der Waals surface area (Å²) in [5, 5.41) is 11.2. The van der Waals surface area contributed by atoms with Gasteiger partial charge in [-0.15, -0.1) is 0 Å². The molecular formula is C10H21N3O3S. The van der Waals surface area contributed by atoms with Gasteiger partial charge in [0.15, 0.2) is 0 Å². The molecule has 6 nitrogen and oxygen atoms in total. The number of carboxylic acids is 1. The summed E-state index contributed by atoms with van der Waals surface area (Å²) in [6.45, 7) is 0.561. The third-order valence-electron chi connectivity index (χ3n) is 2.34. The fourth-order valence-corrected chi connectivity index (χ4v) is 1.56. The Balaban J connectivity index is 4.06. The maximum absolute atomic E-state index is 11.6. The van der Waals surface area contributed by atoms with Crippen LogP contribution in [-0.2, 0) is 9.59 Å². The van der Waals surface area contributed by atoms with Gasteiger partial charge >= 0.3 is 5.97 Å². The third-order valence-corrected chi connectivity index (χ3v) is 2.60. The normalized spacial score (nSPS) is 14.1. The van der Waals surface area contributed by atoms with Crippen molar-refractivity contribution >= 4 is 24.5 Å². The highest BCUT2D eigenvalue weighted by molar-refractivity contribution is 7.80. The number of carbonyl (C=O) groups excluding carboxylic acids is 1. The fraction of sp³-hybridized carbons (Fsp3) is 0.800. The number of nitrogens with one attached hydrogen (secondary N) is 1. The Morgan fingerprint density at radius 3 is 2.41 bits per heavy atom. The van der Waals surface area contributed by atoms with Crippen molar-refractivity contribution in [3.63, 3.8) is 0 Å². The van der Waals surface area contributed by atoms with E-state index in [1.54, 1.807) is 0 Å². The second-order valence-electron chi connectivity index (χ2n) is 3.80. The number of hydrogen-bond acceptors (Lipinski definition) is 5. The van der Waals surface area contributed by atoms with Gasteiger partial charge in [-0.3, -0.25) is 4.79 Å². The topological polar surface area (TPSA) is 118 Å². The summed E-state index contributed by atoms with van der Waals surface area (Å²) in [6, 6.07) is -1.59. The quantitative estimate of drug-likeness (QED) is 0.279. The molecule has 1 unspecified atom stereocenters. The second kappa shape index (κ2) is 9.26. The lowest BCUT2D eigenvalue weighted by Crippen LogP contribution is -2.48. The molecule has 0 saturated heterocycles. The predicted octanol–water partition coefficient (Wildman–Crippen LogP) is -0.668. The van der Waals surface area contributed by atoms with Gasteiger partial charge in [0.25, 0.3) is 0 Å². The average Bonchev–Trinajstić information content (AvgIpc) is 2.28. The van der Waals surface area contributed by atoms with E-state index >= 15 is 0 Å². The lowest BCUT2D eigenvalue weighted by Gasteiger charge is -2.17. The van der Waals surface area contributed by atoms with Crippen LogP contribution in [0.3, 0.4) is 0 Å². The van der Waals surface area contributed by atoms with E-state index in [2.05, 4.69) is 17.9 Å². The number of carboxylic acid groups (broad SMARTS) is 1. The van der Waals surface area contributed by atoms with Crippen LogP contribution in [0.25, 0.3) is 0 Å². The molecule has 0 aliphatic rings. The van der Waals surface area contributed by atoms with E-state index in [0.717, 1.165) is 12.8 Å². The molecule has 0 aliphatic carbocycles. The van der Waals surface area contributed by atoms with Crippen molar-refractivity contribution in [2.24, 2.45) is 11.5 Å². The number of nitrogens with two attached hydrogens (primary N) is 2. The van der Waals surface area contributed by atoms with Crippen molar-refractivity contribution in [3.05, 3.63) is 0 Å². The minimum atomic E-state index is -1.07. The predicted molar refractivity (Wildman–Crippen MR) is 68.9 cm³/mol. The maximum atomic E-state index is 11.6. The molecule has 2 atom stereocenters. The molecule has 0 aromatic carbocycles. The Kier molecular flexibility index (Phi) is 8.83. The SMILES string of the molecule is NCCCCC(N)C(=O)N[C@@H](CCS)C(=O)O. The molecule has 100 valence electrons. The fourth-order valence-electron chi connectivity index (χ4n) is 1.30. The number of unbranched alkanes of at least 4 members (excludes halogenated alkanes) is 1. The van der Waals surface area contributed by atoms with Gasteiger partial charge in [-0.1, -0.05) is 6.42 Å². The third kappa shape index (κ3) is 7.19. The molecule has 0 saturated carbocycles. The number of hydrogen-bond donors (Lipinski definition) is 5. The minimum absolute atomic E-state index is 0.277. The molecular weight excluding hydrogens is 242 g/mol. The van der Waals surface area contributed by atoms with Gasteiger partial charge in [-0.05, 0) is 31.6 Å². The molecule has 0 rings (SSSR count). The van der Waals surface area contributed by atoms with Crippen LogP contribution in [0.4, 0.5) is 0 Å². The molecule has 0 bridgehead atoms. The van der Waals surface area contributed by atoms with Gasteiger partial charge in [0.1, 0.15) is 6.04 Å². The van der Waals surface area contributed by atoms with Crippen molar-refractivity contribution in [1.82, 2.24) is 5.32 Å². The molecule has 0 aromatic rings. The van der Waals surface area contributed by atoms with E-state index in [0.29, 0.717) is 18.7 Å². The highest BCUT2D eigenvalue weighted by atomic mass is 32.1. The molecule has 0 spiro atoms. The highest BCUT2D eigenvalue weighted by Gasteiger charge is 2.22. The number of carbonyl (C=O) groups is 2. The van der Waals surface area contributed by atoms with Crippen LogP contribution in [0.5, 0.6) is 0 Å². The Morgan fingerprint density at radius 1 is 1.29 bits per heavy atom. The molecule has 0 radical (unpaired) electrons. The maximum Gasteiger partial charge on any atom is 0.326 e. The first-order valence-electron chi connectivity index (χ1n) is 5.62. The number of aliphatic carboxylic acids is 1. The van der Waals surface area contributed by atoms with Gasteiger partial charge in [0.05, 0.1) is 6.04 Å². The largest absolute Gasteiger partial charge is 0.480 e. The summed E-state index contributed by atoms with van der Waals surface area (Å²) >= 11 is 3.94. The first-order chi connectivity index (χ1) is 8.02. The monoisotopic (exact) mass is 263 g/mol. The lowest BCUT2D eigenvalue weighted by molar-refractivity contribution is -0.142. The van der Waals surface area contributed by atoms with Crippen LogP contribution in [0.15, 0.2) is 0 Å². The first kappa shape index (κ1) is 16.2. The molecule has 0 fully saturated rings. The summed E-state index contributed by atoms with van der Waals surface area (Å²) in [5.41, 5.74) is 11.0. The second-order valence-corrected chi connectivity index (χ2v) is 4.25. The summed E-state index contributed by atoms with van der Waals surface area (Å²) < 4.78 is 0. The summed E-state index contributed by atoms with van der Waals surface area (Å²) in [4.78, 5) is 22.4. The van der Waals surface area contributed by atoms with Gasteiger partial charge in [-0.2, -0.15) is 12.6 Å². The molecule has 0 heterocycles. The van der Waals surface area contributed by atoms with E-state index in [1.165, 1.54) is 0 Å². The Hall–Kier alpha value is -0.790. The van der Waals surface area contributed by atoms with Gasteiger partial charge in [-0.25, -0.2) is 4.79 Å². The van der Waals surface area contributed by atoms with Crippen molar-refractivity contribution in [2.45, 2.75) is 37.8 Å². The van der Waals surface area contributed by atoms with Gasteiger partial charge in [0.2, 0.25) is 5.91 Å². The zero-order valence-corrected chi connectivity index (χ0v) is 10.7. The van der Waals surface area contributed by atoms with E-state index in [4.69, 9.17) is 16.6 Å². The van der Waals surface area contributed by atoms with E-state index in [-0.39, 0.29) is 6.42 Å². The standard InChI is InChI=1S/C10H21N3O3S/c11-5-2-1-3-7(12)9(14)13-8(4-6-17)10(15)16/h7-8,17H,1-6,11-12H2,(H,13,14)(H,15,16)/t7?,8-/m0/s1. The van der Waals surface area contributed by atoms with Crippen LogP contribution < -0.4 is 16.8 Å². The Bertz CT molecular complexity index is 251. The summed E-state index contributed by atoms with van der Waals surface area (Å²) in [7, 11) is 0. The van der Waals surface area contributed by atoms with Crippen molar-refractivity contribution < 1.29 is 14.7 Å². The minimum Gasteiger partial charge on any atom is -0.480 e. The van der Waals surface area contributed by atoms with Crippen LogP contribution >= 0.6 is 12.6 Å². The molecule has 7 heteroatoms. The van der Waals surface area contributed by atoms with Gasteiger partial charge < -0.3 is 21.9 Å². The average molecular weight is 263 g/mol. The molecule has 0 aliphatic heterocycles. The van der Waals surface area contributed by atoms with E-state index in [9.17, 15) is 9.59 Å². The van der Waals surface area contributed by atoms with Crippen molar-refractivity contribution in [2.75, 3.05) is 12.3 Å². The van der Waals surface area contributed by atoms with Gasteiger partial charge in [0, 0.05) is 0 Å². The first-order valence-corrected chi connectivity index (χ1v) is 6.25. The molecule has 1 amide bonds. The molecule has 17 heavy (non-hydrogen) atoms.